The van der Waals surface area contributed by atoms with E-state index >= 15 is 0 Å². The fourth-order valence-electron chi connectivity index (χ4n) is 3.35. The minimum atomic E-state index is -0.126. The Morgan fingerprint density at radius 1 is 1.15 bits per heavy atom. The summed E-state index contributed by atoms with van der Waals surface area (Å²) >= 11 is 0. The molecule has 1 amide bonds. The second kappa shape index (κ2) is 7.55. The van der Waals surface area contributed by atoms with Gasteiger partial charge < -0.3 is 10.2 Å². The Labute approximate surface area is 160 Å². The van der Waals surface area contributed by atoms with Crippen molar-refractivity contribution >= 4 is 11.7 Å². The molecule has 1 aliphatic rings. The number of nitrogens with one attached hydrogen (secondary N) is 1. The van der Waals surface area contributed by atoms with E-state index in [9.17, 15) is 9.59 Å². The molecule has 1 atom stereocenters. The lowest BCUT2D eigenvalue weighted by Gasteiger charge is -2.34. The van der Waals surface area contributed by atoms with Gasteiger partial charge in [-0.3, -0.25) is 9.59 Å². The van der Waals surface area contributed by atoms with Crippen LogP contribution in [0.5, 0.6) is 0 Å². The van der Waals surface area contributed by atoms with Crippen LogP contribution in [0.3, 0.4) is 0 Å². The molecule has 3 rings (SSSR count). The molecule has 6 heteroatoms. The molecule has 1 unspecified atom stereocenters. The molecule has 2 heterocycles. The SMILES string of the molecule is Cn1nc(N2CCCC(NC(=O)c3ccc(C(C)(C)C)cc3)C2)ccc1=O. The number of benzene rings is 1. The van der Waals surface area contributed by atoms with E-state index in [1.807, 2.05) is 24.3 Å². The van der Waals surface area contributed by atoms with Crippen molar-refractivity contribution in [2.45, 2.75) is 45.1 Å². The molecule has 2 aromatic rings. The first-order chi connectivity index (χ1) is 12.7. The Balaban J connectivity index is 1.65. The first kappa shape index (κ1) is 19.1. The van der Waals surface area contributed by atoms with Crippen molar-refractivity contribution in [3.63, 3.8) is 0 Å². The van der Waals surface area contributed by atoms with Crippen molar-refractivity contribution in [1.29, 1.82) is 0 Å². The summed E-state index contributed by atoms with van der Waals surface area (Å²) in [5.41, 5.74) is 1.84. The molecule has 1 N–H and O–H groups in total. The molecule has 0 saturated carbocycles. The Morgan fingerprint density at radius 3 is 2.48 bits per heavy atom. The number of nitrogens with zero attached hydrogens (tertiary/aromatic N) is 3. The number of carbonyl (C=O) groups excluding carboxylic acids is 1. The van der Waals surface area contributed by atoms with Crippen LogP contribution in [-0.4, -0.2) is 34.8 Å². The summed E-state index contributed by atoms with van der Waals surface area (Å²) in [7, 11) is 1.65. The third-order valence-electron chi connectivity index (χ3n) is 5.04. The van der Waals surface area contributed by atoms with Gasteiger partial charge in [0.1, 0.15) is 5.82 Å². The van der Waals surface area contributed by atoms with Crippen LogP contribution in [0, 0.1) is 0 Å². The molecule has 0 aliphatic carbocycles. The Hall–Kier alpha value is -2.63. The molecular formula is C21H28N4O2. The standard InChI is InChI=1S/C21H28N4O2/c1-21(2,3)16-9-7-15(8-10-16)20(27)22-17-6-5-13-25(14-17)18-11-12-19(26)24(4)23-18/h7-12,17H,5-6,13-14H2,1-4H3,(H,22,27). The fraction of sp³-hybridized carbons (Fsp3) is 0.476. The number of amides is 1. The molecule has 1 aromatic carbocycles. The summed E-state index contributed by atoms with van der Waals surface area (Å²) in [6, 6.07) is 11.2. The molecule has 0 spiro atoms. The number of hydrogen-bond acceptors (Lipinski definition) is 4. The first-order valence-electron chi connectivity index (χ1n) is 9.45. The molecule has 6 nitrogen and oxygen atoms in total. The van der Waals surface area contributed by atoms with E-state index in [0.717, 1.165) is 25.2 Å². The van der Waals surface area contributed by atoms with Crippen LogP contribution in [0.25, 0.3) is 0 Å². The minimum absolute atomic E-state index is 0.0456. The molecule has 0 radical (unpaired) electrons. The van der Waals surface area contributed by atoms with E-state index in [1.165, 1.54) is 16.3 Å². The molecular weight excluding hydrogens is 340 g/mol. The van der Waals surface area contributed by atoms with Gasteiger partial charge in [-0.2, -0.15) is 5.10 Å². The van der Waals surface area contributed by atoms with Crippen LogP contribution in [0.2, 0.25) is 0 Å². The summed E-state index contributed by atoms with van der Waals surface area (Å²) in [6.45, 7) is 8.04. The van der Waals surface area contributed by atoms with Gasteiger partial charge in [0.05, 0.1) is 0 Å². The summed E-state index contributed by atoms with van der Waals surface area (Å²) < 4.78 is 1.34. The van der Waals surface area contributed by atoms with Crippen LogP contribution < -0.4 is 15.8 Å². The van der Waals surface area contributed by atoms with Crippen LogP contribution in [0.15, 0.2) is 41.2 Å². The minimum Gasteiger partial charge on any atom is -0.353 e. The molecule has 1 fully saturated rings. The van der Waals surface area contributed by atoms with Crippen molar-refractivity contribution in [3.05, 3.63) is 57.9 Å². The maximum atomic E-state index is 12.6. The van der Waals surface area contributed by atoms with Crippen molar-refractivity contribution in [2.24, 2.45) is 7.05 Å². The quantitative estimate of drug-likeness (QED) is 0.904. The van der Waals surface area contributed by atoms with E-state index in [2.05, 4.69) is 36.1 Å². The fourth-order valence-corrected chi connectivity index (χ4v) is 3.35. The molecule has 1 saturated heterocycles. The monoisotopic (exact) mass is 368 g/mol. The number of hydrogen-bond donors (Lipinski definition) is 1. The highest BCUT2D eigenvalue weighted by Crippen LogP contribution is 2.22. The van der Waals surface area contributed by atoms with Gasteiger partial charge in [-0.25, -0.2) is 4.68 Å². The zero-order valence-electron chi connectivity index (χ0n) is 16.5. The Kier molecular flexibility index (Phi) is 5.35. The number of aromatic nitrogens is 2. The summed E-state index contributed by atoms with van der Waals surface area (Å²) in [4.78, 5) is 26.3. The van der Waals surface area contributed by atoms with E-state index < -0.39 is 0 Å². The maximum Gasteiger partial charge on any atom is 0.266 e. The number of anilines is 1. The maximum absolute atomic E-state index is 12.6. The second-order valence-corrected chi connectivity index (χ2v) is 8.24. The normalized spacial score (nSPS) is 17.6. The third-order valence-corrected chi connectivity index (χ3v) is 5.04. The highest BCUT2D eigenvalue weighted by Gasteiger charge is 2.23. The van der Waals surface area contributed by atoms with Gasteiger partial charge in [0.15, 0.2) is 0 Å². The molecule has 1 aromatic heterocycles. The lowest BCUT2D eigenvalue weighted by atomic mass is 9.86. The van der Waals surface area contributed by atoms with Crippen molar-refractivity contribution in [3.8, 4) is 0 Å². The Morgan fingerprint density at radius 2 is 1.85 bits per heavy atom. The van der Waals surface area contributed by atoms with Crippen LogP contribution in [0.1, 0.15) is 49.5 Å². The van der Waals surface area contributed by atoms with Gasteiger partial charge in [-0.05, 0) is 42.0 Å². The summed E-state index contributed by atoms with van der Waals surface area (Å²) in [5.74, 6) is 0.723. The van der Waals surface area contributed by atoms with E-state index in [4.69, 9.17) is 0 Å². The predicted molar refractivity (Wildman–Crippen MR) is 107 cm³/mol. The zero-order chi connectivity index (χ0) is 19.6. The summed E-state index contributed by atoms with van der Waals surface area (Å²) in [5, 5.41) is 7.46. The van der Waals surface area contributed by atoms with Gasteiger partial charge >= 0.3 is 0 Å². The van der Waals surface area contributed by atoms with Crippen molar-refractivity contribution < 1.29 is 4.79 Å². The molecule has 27 heavy (non-hydrogen) atoms. The van der Waals surface area contributed by atoms with Crippen LogP contribution in [0.4, 0.5) is 5.82 Å². The molecule has 144 valence electrons. The second-order valence-electron chi connectivity index (χ2n) is 8.24. The van der Waals surface area contributed by atoms with Crippen molar-refractivity contribution in [1.82, 2.24) is 15.1 Å². The van der Waals surface area contributed by atoms with Gasteiger partial charge in [-0.15, -0.1) is 0 Å². The highest BCUT2D eigenvalue weighted by molar-refractivity contribution is 5.94. The topological polar surface area (TPSA) is 67.2 Å². The van der Waals surface area contributed by atoms with E-state index in [1.54, 1.807) is 13.1 Å². The Bertz CT molecular complexity index is 865. The number of aryl methyl sites for hydroxylation is 1. The van der Waals surface area contributed by atoms with Gasteiger partial charge in [0.2, 0.25) is 0 Å². The molecule has 0 bridgehead atoms. The van der Waals surface area contributed by atoms with Crippen molar-refractivity contribution in [2.75, 3.05) is 18.0 Å². The lowest BCUT2D eigenvalue weighted by molar-refractivity contribution is 0.0933. The van der Waals surface area contributed by atoms with Crippen LogP contribution in [-0.2, 0) is 12.5 Å². The zero-order valence-corrected chi connectivity index (χ0v) is 16.5. The number of piperidine rings is 1. The van der Waals surface area contributed by atoms with Crippen LogP contribution >= 0.6 is 0 Å². The smallest absolute Gasteiger partial charge is 0.266 e. The van der Waals surface area contributed by atoms with Gasteiger partial charge in [0, 0.05) is 37.8 Å². The lowest BCUT2D eigenvalue weighted by Crippen LogP contribution is -2.48. The molecule has 1 aliphatic heterocycles. The third kappa shape index (κ3) is 4.56. The number of rotatable bonds is 3. The average molecular weight is 368 g/mol. The first-order valence-corrected chi connectivity index (χ1v) is 9.45. The summed E-state index contributed by atoms with van der Waals surface area (Å²) in [6.07, 6.45) is 1.91. The largest absolute Gasteiger partial charge is 0.353 e. The van der Waals surface area contributed by atoms with E-state index in [0.29, 0.717) is 12.1 Å². The van der Waals surface area contributed by atoms with Gasteiger partial charge in [-0.1, -0.05) is 32.9 Å². The average Bonchev–Trinajstić information content (AvgIpc) is 2.63. The van der Waals surface area contributed by atoms with Gasteiger partial charge in [0.25, 0.3) is 11.5 Å². The number of carbonyl (C=O) groups is 1. The van der Waals surface area contributed by atoms with E-state index in [-0.39, 0.29) is 22.9 Å². The predicted octanol–water partition coefficient (Wildman–Crippen LogP) is 2.48. The highest BCUT2D eigenvalue weighted by atomic mass is 16.1.